The summed E-state index contributed by atoms with van der Waals surface area (Å²) in [6.07, 6.45) is -5.57. The van der Waals surface area contributed by atoms with Gasteiger partial charge in [-0.1, -0.05) is 6.07 Å². The Morgan fingerprint density at radius 3 is 2.81 bits per heavy atom. The molecule has 0 unspecified atom stereocenters. The smallest absolute Gasteiger partial charge is 0.422 e. The molecule has 1 heterocycles. The van der Waals surface area contributed by atoms with Gasteiger partial charge in [0.05, 0.1) is 6.04 Å². The van der Waals surface area contributed by atoms with Crippen molar-refractivity contribution in [1.29, 1.82) is 0 Å². The molecule has 0 aromatic carbocycles. The fourth-order valence-corrected chi connectivity index (χ4v) is 1.71. The lowest BCUT2D eigenvalue weighted by Crippen LogP contribution is -2.30. The van der Waals surface area contributed by atoms with E-state index in [4.69, 9.17) is 0 Å². The Bertz CT molecular complexity index is 337. The van der Waals surface area contributed by atoms with Crippen LogP contribution >= 0.6 is 11.3 Å². The minimum absolute atomic E-state index is 0.360. The number of carbonyl (C=O) groups excluding carboxylic acids is 1. The summed E-state index contributed by atoms with van der Waals surface area (Å²) in [5.41, 5.74) is 0. The molecular weight excluding hydrogens is 243 g/mol. The highest BCUT2D eigenvalue weighted by Gasteiger charge is 2.29. The van der Waals surface area contributed by atoms with Crippen LogP contribution in [-0.2, 0) is 4.74 Å². The van der Waals surface area contributed by atoms with Crippen LogP contribution in [0.25, 0.3) is 0 Å². The van der Waals surface area contributed by atoms with Crippen LogP contribution in [0.3, 0.4) is 0 Å². The summed E-state index contributed by atoms with van der Waals surface area (Å²) in [5, 5.41) is 4.12. The van der Waals surface area contributed by atoms with E-state index in [0.29, 0.717) is 0 Å². The van der Waals surface area contributed by atoms with Crippen molar-refractivity contribution >= 4 is 17.4 Å². The third-order valence-corrected chi connectivity index (χ3v) is 2.73. The van der Waals surface area contributed by atoms with Crippen LogP contribution < -0.4 is 5.32 Å². The summed E-state index contributed by atoms with van der Waals surface area (Å²) in [6, 6.07) is 3.21. The Hall–Kier alpha value is -1.24. The summed E-state index contributed by atoms with van der Waals surface area (Å²) < 4.78 is 39.2. The number of hydrogen-bond donors (Lipinski definition) is 1. The van der Waals surface area contributed by atoms with Crippen molar-refractivity contribution in [2.24, 2.45) is 0 Å². The fraction of sp³-hybridized carbons (Fsp3) is 0.444. The van der Waals surface area contributed by atoms with E-state index in [0.717, 1.165) is 4.88 Å². The number of thiophene rings is 1. The zero-order valence-corrected chi connectivity index (χ0v) is 9.19. The second-order valence-corrected chi connectivity index (χ2v) is 4.05. The predicted molar refractivity (Wildman–Crippen MR) is 53.3 cm³/mol. The first kappa shape index (κ1) is 12.8. The molecular formula is C9H10F3NO2S. The zero-order valence-electron chi connectivity index (χ0n) is 8.38. The minimum Gasteiger partial charge on any atom is -0.440 e. The van der Waals surface area contributed by atoms with Crippen molar-refractivity contribution in [2.45, 2.75) is 19.1 Å². The number of alkyl halides is 3. The van der Waals surface area contributed by atoms with E-state index >= 15 is 0 Å². The molecule has 0 aliphatic carbocycles. The van der Waals surface area contributed by atoms with Crippen molar-refractivity contribution in [3.8, 4) is 0 Å². The van der Waals surface area contributed by atoms with Gasteiger partial charge in [0.2, 0.25) is 0 Å². The Kier molecular flexibility index (Phi) is 4.17. The van der Waals surface area contributed by atoms with Crippen molar-refractivity contribution in [3.05, 3.63) is 22.4 Å². The average Bonchev–Trinajstić information content (AvgIpc) is 2.66. The van der Waals surface area contributed by atoms with E-state index in [1.54, 1.807) is 19.1 Å². The summed E-state index contributed by atoms with van der Waals surface area (Å²) >= 11 is 1.40. The van der Waals surface area contributed by atoms with Gasteiger partial charge in [0.25, 0.3) is 0 Å². The van der Waals surface area contributed by atoms with Gasteiger partial charge in [-0.15, -0.1) is 11.3 Å². The predicted octanol–water partition coefficient (Wildman–Crippen LogP) is 3.10. The van der Waals surface area contributed by atoms with E-state index < -0.39 is 18.9 Å². The lowest BCUT2D eigenvalue weighted by atomic mass is 10.3. The van der Waals surface area contributed by atoms with Crippen LogP contribution in [0, 0.1) is 0 Å². The maximum Gasteiger partial charge on any atom is 0.422 e. The molecule has 16 heavy (non-hydrogen) atoms. The number of amides is 1. The molecule has 1 aromatic heterocycles. The summed E-state index contributed by atoms with van der Waals surface area (Å²) in [6.45, 7) is 0.0939. The molecule has 7 heteroatoms. The molecule has 1 atom stereocenters. The van der Waals surface area contributed by atoms with Crippen molar-refractivity contribution in [3.63, 3.8) is 0 Å². The van der Waals surface area contributed by atoms with E-state index in [1.165, 1.54) is 11.3 Å². The van der Waals surface area contributed by atoms with Crippen LogP contribution in [0.2, 0.25) is 0 Å². The summed E-state index contributed by atoms with van der Waals surface area (Å²) in [4.78, 5) is 11.8. The summed E-state index contributed by atoms with van der Waals surface area (Å²) in [7, 11) is 0. The monoisotopic (exact) mass is 253 g/mol. The number of rotatable bonds is 3. The quantitative estimate of drug-likeness (QED) is 0.898. The molecule has 0 saturated heterocycles. The zero-order chi connectivity index (χ0) is 12.2. The van der Waals surface area contributed by atoms with Crippen LogP contribution in [0.15, 0.2) is 17.5 Å². The van der Waals surface area contributed by atoms with Gasteiger partial charge in [-0.05, 0) is 18.4 Å². The van der Waals surface area contributed by atoms with Gasteiger partial charge in [0.1, 0.15) is 0 Å². The van der Waals surface area contributed by atoms with E-state index in [2.05, 4.69) is 10.1 Å². The van der Waals surface area contributed by atoms with Gasteiger partial charge in [0.15, 0.2) is 6.61 Å². The van der Waals surface area contributed by atoms with Crippen LogP contribution in [0.5, 0.6) is 0 Å². The summed E-state index contributed by atoms with van der Waals surface area (Å²) in [5.74, 6) is 0. The van der Waals surface area contributed by atoms with Crippen molar-refractivity contribution < 1.29 is 22.7 Å². The van der Waals surface area contributed by atoms with Gasteiger partial charge < -0.3 is 10.1 Å². The number of hydrogen-bond acceptors (Lipinski definition) is 3. The molecule has 90 valence electrons. The van der Waals surface area contributed by atoms with E-state index in [-0.39, 0.29) is 6.04 Å². The fourth-order valence-electron chi connectivity index (χ4n) is 0.975. The molecule has 1 aromatic rings. The Morgan fingerprint density at radius 2 is 2.31 bits per heavy atom. The lowest BCUT2D eigenvalue weighted by molar-refractivity contribution is -0.160. The third-order valence-electron chi connectivity index (χ3n) is 1.67. The van der Waals surface area contributed by atoms with Gasteiger partial charge >= 0.3 is 12.3 Å². The van der Waals surface area contributed by atoms with Crippen LogP contribution in [0.1, 0.15) is 17.8 Å². The maximum absolute atomic E-state index is 11.7. The SMILES string of the molecule is C[C@H](NC(=O)OCC(F)(F)F)c1cccs1. The first-order chi connectivity index (χ1) is 7.38. The molecule has 0 bridgehead atoms. The van der Waals surface area contributed by atoms with Crippen molar-refractivity contribution in [2.75, 3.05) is 6.61 Å². The van der Waals surface area contributed by atoms with Gasteiger partial charge in [-0.25, -0.2) is 4.79 Å². The number of carbonyl (C=O) groups is 1. The molecule has 0 saturated carbocycles. The largest absolute Gasteiger partial charge is 0.440 e. The number of ether oxygens (including phenoxy) is 1. The topological polar surface area (TPSA) is 38.3 Å². The first-order valence-electron chi connectivity index (χ1n) is 4.42. The third kappa shape index (κ3) is 4.52. The average molecular weight is 253 g/mol. The number of alkyl carbamates (subject to hydrolysis) is 1. The second-order valence-electron chi connectivity index (χ2n) is 3.07. The highest BCUT2D eigenvalue weighted by molar-refractivity contribution is 7.10. The molecule has 1 N–H and O–H groups in total. The molecule has 1 rings (SSSR count). The minimum atomic E-state index is -4.50. The molecule has 3 nitrogen and oxygen atoms in total. The highest BCUT2D eigenvalue weighted by Crippen LogP contribution is 2.18. The van der Waals surface area contributed by atoms with Crippen LogP contribution in [-0.4, -0.2) is 18.9 Å². The van der Waals surface area contributed by atoms with E-state index in [9.17, 15) is 18.0 Å². The Balaban J connectivity index is 2.35. The van der Waals surface area contributed by atoms with E-state index in [1.807, 2.05) is 5.38 Å². The molecule has 0 aliphatic heterocycles. The number of halogens is 3. The molecule has 0 aliphatic rings. The Morgan fingerprint density at radius 1 is 1.62 bits per heavy atom. The molecule has 0 fully saturated rings. The standard InChI is InChI=1S/C9H10F3NO2S/c1-6(7-3-2-4-16-7)13-8(14)15-5-9(10,11)12/h2-4,6H,5H2,1H3,(H,13,14)/t6-/m0/s1. The van der Waals surface area contributed by atoms with Crippen LogP contribution in [0.4, 0.5) is 18.0 Å². The first-order valence-corrected chi connectivity index (χ1v) is 5.30. The normalized spacial score (nSPS) is 13.2. The lowest BCUT2D eigenvalue weighted by Gasteiger charge is -2.13. The van der Waals surface area contributed by atoms with Gasteiger partial charge in [-0.2, -0.15) is 13.2 Å². The van der Waals surface area contributed by atoms with Gasteiger partial charge in [0, 0.05) is 4.88 Å². The molecule has 1 amide bonds. The highest BCUT2D eigenvalue weighted by atomic mass is 32.1. The molecule has 0 spiro atoms. The van der Waals surface area contributed by atoms with Gasteiger partial charge in [-0.3, -0.25) is 0 Å². The second kappa shape index (κ2) is 5.20. The number of nitrogens with one attached hydrogen (secondary N) is 1. The van der Waals surface area contributed by atoms with Crippen molar-refractivity contribution in [1.82, 2.24) is 5.32 Å². The Labute approximate surface area is 94.2 Å². The molecule has 0 radical (unpaired) electrons. The maximum atomic E-state index is 11.7.